The van der Waals surface area contributed by atoms with E-state index in [1.165, 1.54) is 308 Å². The fraction of sp³-hybridized carbons (Fsp3) is 0.941. The molecule has 2 atom stereocenters. The monoisotopic (exact) mass is 1040 g/mol. The van der Waals surface area contributed by atoms with E-state index >= 15 is 0 Å². The third kappa shape index (κ3) is 59.8. The molecule has 440 valence electrons. The number of esters is 1. The summed E-state index contributed by atoms with van der Waals surface area (Å²) < 4.78 is 5.51. The Morgan fingerprint density at radius 1 is 0.365 bits per heavy atom. The van der Waals surface area contributed by atoms with Gasteiger partial charge in [0.1, 0.15) is 0 Å². The molecule has 0 aliphatic heterocycles. The molecule has 1 amide bonds. The number of carbonyl (C=O) groups excluding carboxylic acids is 2. The Morgan fingerprint density at radius 2 is 0.635 bits per heavy atom. The highest BCUT2D eigenvalue weighted by atomic mass is 16.5. The molecule has 0 saturated heterocycles. The zero-order valence-corrected chi connectivity index (χ0v) is 50.4. The molecule has 0 rings (SSSR count). The van der Waals surface area contributed by atoms with E-state index in [1.54, 1.807) is 0 Å². The fourth-order valence-corrected chi connectivity index (χ4v) is 10.9. The second kappa shape index (κ2) is 64.1. The van der Waals surface area contributed by atoms with E-state index in [0.717, 1.165) is 44.9 Å². The van der Waals surface area contributed by atoms with E-state index in [4.69, 9.17) is 4.74 Å². The van der Waals surface area contributed by atoms with Crippen LogP contribution < -0.4 is 5.32 Å². The number of hydrogen-bond acceptors (Lipinski definition) is 5. The average molecular weight is 1040 g/mol. The van der Waals surface area contributed by atoms with Crippen molar-refractivity contribution < 1.29 is 24.5 Å². The zero-order valence-electron chi connectivity index (χ0n) is 50.4. The van der Waals surface area contributed by atoms with Crippen LogP contribution in [0.5, 0.6) is 0 Å². The summed E-state index contributed by atoms with van der Waals surface area (Å²) in [5, 5.41) is 23.2. The lowest BCUT2D eigenvalue weighted by atomic mass is 10.0. The van der Waals surface area contributed by atoms with Gasteiger partial charge in [0.2, 0.25) is 5.91 Å². The molecule has 0 aliphatic carbocycles. The van der Waals surface area contributed by atoms with Crippen molar-refractivity contribution in [1.82, 2.24) is 5.32 Å². The molecular weight excluding hydrogens is 911 g/mol. The molecule has 0 aliphatic rings. The second-order valence-corrected chi connectivity index (χ2v) is 23.5. The molecule has 0 spiro atoms. The first kappa shape index (κ1) is 72.6. The summed E-state index contributed by atoms with van der Waals surface area (Å²) >= 11 is 0. The Labute approximate surface area is 463 Å². The van der Waals surface area contributed by atoms with Gasteiger partial charge in [-0.25, -0.2) is 0 Å². The quantitative estimate of drug-likeness (QED) is 0.0320. The highest BCUT2D eigenvalue weighted by Crippen LogP contribution is 2.19. The zero-order chi connectivity index (χ0) is 53.6. The van der Waals surface area contributed by atoms with Gasteiger partial charge in [0.15, 0.2) is 0 Å². The highest BCUT2D eigenvalue weighted by Gasteiger charge is 2.20. The Hall–Kier alpha value is -1.40. The van der Waals surface area contributed by atoms with E-state index in [9.17, 15) is 19.8 Å². The number of carbonyl (C=O) groups is 2. The largest absolute Gasteiger partial charge is 0.466 e. The molecular formula is C68H133NO5. The minimum absolute atomic E-state index is 0.0167. The molecule has 0 saturated carbocycles. The van der Waals surface area contributed by atoms with E-state index < -0.39 is 12.1 Å². The summed E-state index contributed by atoms with van der Waals surface area (Å²) in [5.74, 6) is -0.0141. The maximum Gasteiger partial charge on any atom is 0.305 e. The topological polar surface area (TPSA) is 95.9 Å². The summed E-state index contributed by atoms with van der Waals surface area (Å²) in [6, 6.07) is -0.537. The van der Waals surface area contributed by atoms with Gasteiger partial charge in [-0.1, -0.05) is 334 Å². The van der Waals surface area contributed by atoms with Crippen molar-refractivity contribution in [1.29, 1.82) is 0 Å². The normalized spacial score (nSPS) is 12.5. The van der Waals surface area contributed by atoms with Gasteiger partial charge in [-0.15, -0.1) is 0 Å². The van der Waals surface area contributed by atoms with E-state index in [-0.39, 0.29) is 18.5 Å². The summed E-state index contributed by atoms with van der Waals surface area (Å²) in [5.41, 5.74) is 0. The summed E-state index contributed by atoms with van der Waals surface area (Å²) in [4.78, 5) is 24.6. The fourth-order valence-electron chi connectivity index (χ4n) is 10.9. The van der Waals surface area contributed by atoms with Gasteiger partial charge >= 0.3 is 5.97 Å². The molecule has 0 aromatic rings. The minimum Gasteiger partial charge on any atom is -0.466 e. The van der Waals surface area contributed by atoms with Gasteiger partial charge in [-0.3, -0.25) is 9.59 Å². The first-order valence-corrected chi connectivity index (χ1v) is 33.9. The molecule has 6 heteroatoms. The van der Waals surface area contributed by atoms with Crippen molar-refractivity contribution in [2.24, 2.45) is 0 Å². The molecule has 3 N–H and O–H groups in total. The van der Waals surface area contributed by atoms with E-state index in [0.29, 0.717) is 25.9 Å². The summed E-state index contributed by atoms with van der Waals surface area (Å²) in [7, 11) is 0. The van der Waals surface area contributed by atoms with Crippen molar-refractivity contribution in [3.63, 3.8) is 0 Å². The predicted octanol–water partition coefficient (Wildman–Crippen LogP) is 21.6. The second-order valence-electron chi connectivity index (χ2n) is 23.5. The van der Waals surface area contributed by atoms with Crippen LogP contribution in [0.2, 0.25) is 0 Å². The average Bonchev–Trinajstić information content (AvgIpc) is 3.40. The van der Waals surface area contributed by atoms with E-state index in [2.05, 4.69) is 31.3 Å². The van der Waals surface area contributed by atoms with Gasteiger partial charge < -0.3 is 20.3 Å². The highest BCUT2D eigenvalue weighted by molar-refractivity contribution is 5.76. The van der Waals surface area contributed by atoms with Crippen molar-refractivity contribution in [2.75, 3.05) is 13.2 Å². The predicted molar refractivity (Wildman–Crippen MR) is 324 cm³/mol. The number of ether oxygens (including phenoxy) is 1. The Bertz CT molecular complexity index is 1110. The number of amides is 1. The van der Waals surface area contributed by atoms with Gasteiger partial charge in [0, 0.05) is 12.8 Å². The number of allylic oxidation sites excluding steroid dienone is 2. The number of unbranched alkanes of at least 4 members (excludes halogenated alkanes) is 51. The van der Waals surface area contributed by atoms with Gasteiger partial charge in [0.25, 0.3) is 0 Å². The molecule has 0 heterocycles. The van der Waals surface area contributed by atoms with Crippen molar-refractivity contribution in [3.8, 4) is 0 Å². The van der Waals surface area contributed by atoms with Crippen LogP contribution in [0, 0.1) is 0 Å². The number of aliphatic hydroxyl groups excluding tert-OH is 2. The molecule has 0 fully saturated rings. The molecule has 0 radical (unpaired) electrons. The first-order valence-electron chi connectivity index (χ1n) is 33.9. The summed E-state index contributed by atoms with van der Waals surface area (Å²) in [6.07, 6.45) is 78.3. The minimum atomic E-state index is -0.660. The van der Waals surface area contributed by atoms with Crippen LogP contribution in [0.3, 0.4) is 0 Å². The van der Waals surface area contributed by atoms with Crippen LogP contribution in [0.25, 0.3) is 0 Å². The van der Waals surface area contributed by atoms with Crippen LogP contribution in [-0.4, -0.2) is 47.4 Å². The van der Waals surface area contributed by atoms with Crippen LogP contribution in [0.15, 0.2) is 12.2 Å². The maximum atomic E-state index is 12.5. The molecule has 0 aromatic carbocycles. The first-order chi connectivity index (χ1) is 36.5. The number of nitrogens with one attached hydrogen (secondary N) is 1. The van der Waals surface area contributed by atoms with Crippen LogP contribution in [-0.2, 0) is 14.3 Å². The SMILES string of the molecule is CCCCCCCCC/C=C\CCCCCCCCCC(=O)OCCCCCCCCCCCCCCCCCCCCCCCCCCCCCCC(=O)NC(CO)C(O)CCCCCCCCCCCCC. The van der Waals surface area contributed by atoms with Crippen molar-refractivity contribution in [2.45, 2.75) is 398 Å². The van der Waals surface area contributed by atoms with Crippen LogP contribution in [0.1, 0.15) is 386 Å². The smallest absolute Gasteiger partial charge is 0.305 e. The molecule has 6 nitrogen and oxygen atoms in total. The standard InChI is InChI=1S/C68H133NO5/c1-3-5-7-9-11-13-15-16-17-18-32-35-38-42-46-50-54-58-62-68(73)74-63-59-55-51-47-43-39-36-33-30-28-26-24-22-20-19-21-23-25-27-29-31-34-37-41-45-49-53-57-61-67(72)69-65(64-70)66(71)60-56-52-48-44-40-14-12-10-8-6-4-2/h17-18,65-66,70-71H,3-16,19-64H2,1-2H3,(H,69,72)/b18-17-. The Morgan fingerprint density at radius 3 is 0.959 bits per heavy atom. The lowest BCUT2D eigenvalue weighted by Crippen LogP contribution is -2.45. The third-order valence-corrected chi connectivity index (χ3v) is 16.1. The number of aliphatic hydroxyl groups is 2. The maximum absolute atomic E-state index is 12.5. The van der Waals surface area contributed by atoms with Crippen molar-refractivity contribution >= 4 is 11.9 Å². The van der Waals surface area contributed by atoms with Gasteiger partial charge in [-0.2, -0.15) is 0 Å². The molecule has 0 aromatic heterocycles. The van der Waals surface area contributed by atoms with Crippen LogP contribution in [0.4, 0.5) is 0 Å². The molecule has 74 heavy (non-hydrogen) atoms. The van der Waals surface area contributed by atoms with Crippen LogP contribution >= 0.6 is 0 Å². The lowest BCUT2D eigenvalue weighted by molar-refractivity contribution is -0.143. The van der Waals surface area contributed by atoms with Gasteiger partial charge in [0.05, 0.1) is 25.4 Å². The Balaban J connectivity index is 3.30. The summed E-state index contributed by atoms with van der Waals surface area (Å²) in [6.45, 7) is 4.97. The van der Waals surface area contributed by atoms with Gasteiger partial charge in [-0.05, 0) is 51.4 Å². The number of rotatable bonds is 64. The number of hydrogen-bond donors (Lipinski definition) is 3. The van der Waals surface area contributed by atoms with Crippen molar-refractivity contribution in [3.05, 3.63) is 12.2 Å². The molecule has 0 bridgehead atoms. The van der Waals surface area contributed by atoms with E-state index in [1.807, 2.05) is 0 Å². The molecule has 2 unspecified atom stereocenters. The Kier molecular flexibility index (Phi) is 62.9. The lowest BCUT2D eigenvalue weighted by Gasteiger charge is -2.22. The third-order valence-electron chi connectivity index (χ3n) is 16.1.